The lowest BCUT2D eigenvalue weighted by Crippen LogP contribution is -2.58. The molecule has 8 atom stereocenters. The number of rotatable bonds is 13. The normalized spacial score (nSPS) is 24.2. The number of aromatic nitrogens is 1. The molecular formula is C43H50N4O13. The van der Waals surface area contributed by atoms with Crippen LogP contribution in [0.1, 0.15) is 113 Å². The van der Waals surface area contributed by atoms with E-state index >= 15 is 0 Å². The highest BCUT2D eigenvalue weighted by atomic mass is 16.7. The monoisotopic (exact) mass is 830 g/mol. The largest absolute Gasteiger partial charge is 0.507 e. The van der Waals surface area contributed by atoms with Crippen molar-refractivity contribution in [3.8, 4) is 17.2 Å². The number of benzene rings is 2. The van der Waals surface area contributed by atoms with Crippen LogP contribution in [0.5, 0.6) is 17.2 Å². The molecule has 0 saturated carbocycles. The molecule has 2 heterocycles. The number of hydrogen-bond donors (Lipinski definition) is 6. The van der Waals surface area contributed by atoms with Crippen molar-refractivity contribution < 1.29 is 63.4 Å². The highest BCUT2D eigenvalue weighted by Gasteiger charge is 2.50. The maximum Gasteiger partial charge on any atom is 0.252 e. The van der Waals surface area contributed by atoms with Crippen LogP contribution in [0.15, 0.2) is 42.7 Å². The van der Waals surface area contributed by atoms with Crippen LogP contribution >= 0.6 is 0 Å². The Balaban J connectivity index is 1.27. The fourth-order valence-electron chi connectivity index (χ4n) is 8.30. The van der Waals surface area contributed by atoms with Gasteiger partial charge in [-0.1, -0.05) is 26.0 Å². The number of ketones is 3. The third kappa shape index (κ3) is 7.97. The Morgan fingerprint density at radius 2 is 1.70 bits per heavy atom. The molecule has 17 heteroatoms. The van der Waals surface area contributed by atoms with E-state index in [1.807, 2.05) is 13.8 Å². The van der Waals surface area contributed by atoms with Crippen molar-refractivity contribution in [1.82, 2.24) is 20.5 Å². The number of amides is 3. The second kappa shape index (κ2) is 17.5. The summed E-state index contributed by atoms with van der Waals surface area (Å²) in [5.74, 6) is -5.76. The molecule has 320 valence electrons. The first-order valence-electron chi connectivity index (χ1n) is 19.8. The van der Waals surface area contributed by atoms with Crippen molar-refractivity contribution >= 4 is 35.1 Å². The first-order chi connectivity index (χ1) is 28.5. The molecule has 0 unspecified atom stereocenters. The lowest BCUT2D eigenvalue weighted by molar-refractivity contribution is -0.238. The molecule has 3 aromatic rings. The van der Waals surface area contributed by atoms with Crippen LogP contribution in [0.3, 0.4) is 0 Å². The van der Waals surface area contributed by atoms with Gasteiger partial charge in [0.25, 0.3) is 5.91 Å². The van der Waals surface area contributed by atoms with Crippen LogP contribution in [-0.2, 0) is 30.3 Å². The van der Waals surface area contributed by atoms with E-state index in [1.165, 1.54) is 61.7 Å². The van der Waals surface area contributed by atoms with E-state index in [0.717, 1.165) is 0 Å². The molecule has 17 nitrogen and oxygen atoms in total. The second-order valence-electron chi connectivity index (χ2n) is 15.6. The molecule has 3 aliphatic rings. The van der Waals surface area contributed by atoms with Gasteiger partial charge in [0.2, 0.25) is 17.6 Å². The molecule has 0 bridgehead atoms. The molecular weight excluding hydrogens is 780 g/mol. The van der Waals surface area contributed by atoms with E-state index in [4.69, 9.17) is 14.2 Å². The molecule has 2 aromatic carbocycles. The number of methoxy groups -OCH3 is 1. The minimum Gasteiger partial charge on any atom is -0.507 e. The average Bonchev–Trinajstić information content (AvgIpc) is 3.23. The fraction of sp³-hybridized carbons (Fsp3) is 0.465. The molecule has 60 heavy (non-hydrogen) atoms. The summed E-state index contributed by atoms with van der Waals surface area (Å²) >= 11 is 0. The number of nitrogens with zero attached hydrogens (tertiary/aromatic N) is 2. The molecule has 6 rings (SSSR count). The van der Waals surface area contributed by atoms with E-state index in [9.17, 15) is 49.2 Å². The average molecular weight is 831 g/mol. The zero-order valence-corrected chi connectivity index (χ0v) is 34.2. The number of hydrogen-bond acceptors (Lipinski definition) is 14. The molecule has 6 N–H and O–H groups in total. The van der Waals surface area contributed by atoms with Gasteiger partial charge < -0.3 is 50.2 Å². The van der Waals surface area contributed by atoms with Gasteiger partial charge in [0, 0.05) is 72.4 Å². The van der Waals surface area contributed by atoms with Gasteiger partial charge in [0.1, 0.15) is 41.5 Å². The molecule has 3 amide bonds. The number of aromatic hydroxyl groups is 2. The molecule has 1 fully saturated rings. The molecule has 1 saturated heterocycles. The molecule has 0 radical (unpaired) electrons. The van der Waals surface area contributed by atoms with Gasteiger partial charge in [-0.15, -0.1) is 0 Å². The van der Waals surface area contributed by atoms with E-state index in [2.05, 4.69) is 15.6 Å². The Labute approximate surface area is 346 Å². The minimum atomic E-state index is -2.34. The summed E-state index contributed by atoms with van der Waals surface area (Å²) in [4.78, 5) is 86.6. The highest BCUT2D eigenvalue weighted by Crippen LogP contribution is 2.52. The molecule has 1 aliphatic heterocycles. The first kappa shape index (κ1) is 43.8. The maximum atomic E-state index is 14.0. The van der Waals surface area contributed by atoms with Crippen LogP contribution in [0.2, 0.25) is 0 Å². The van der Waals surface area contributed by atoms with Gasteiger partial charge in [-0.05, 0) is 45.4 Å². The summed E-state index contributed by atoms with van der Waals surface area (Å²) in [7, 11) is 1.31. The first-order valence-corrected chi connectivity index (χ1v) is 19.8. The van der Waals surface area contributed by atoms with Crippen LogP contribution in [0.4, 0.5) is 0 Å². The Bertz CT molecular complexity index is 2210. The number of aliphatic hydroxyl groups excluding tert-OH is 1. The topological polar surface area (TPSA) is 251 Å². The number of carbonyl (C=O) groups is 6. The summed E-state index contributed by atoms with van der Waals surface area (Å²) in [6.07, 6.45) is -0.915. The standard InChI is InChI=1S/C43H50N4O13/c1-7-15-47(42(56)21(3)45-41(55)24-11-13-44-14-12-24)22(4)40(54)46-27-16-31(59-23(5)20(27)2)60-29-18-43(57,30(49)19-48)17-26-33(29)39(53)35-34(37(26)51)36(50)25-9-8-10-28(58-6)32(25)38(35)52/h8-14,20-23,27,29,31,48,51,53,57H,7,15-19H2,1-6H3,(H,45,55)(H,46,54)/t20-,21+,22-,23-,27-,29-,31-,43-/m0/s1. The summed E-state index contributed by atoms with van der Waals surface area (Å²) < 4.78 is 17.9. The van der Waals surface area contributed by atoms with E-state index in [1.54, 1.807) is 13.8 Å². The highest BCUT2D eigenvalue weighted by molar-refractivity contribution is 6.31. The van der Waals surface area contributed by atoms with Crippen molar-refractivity contribution in [2.75, 3.05) is 20.3 Å². The lowest BCUT2D eigenvalue weighted by Gasteiger charge is -2.43. The summed E-state index contributed by atoms with van der Waals surface area (Å²) in [5, 5.41) is 50.7. The van der Waals surface area contributed by atoms with E-state index in [-0.39, 0.29) is 46.9 Å². The number of aliphatic hydroxyl groups is 2. The lowest BCUT2D eigenvalue weighted by atomic mass is 9.72. The van der Waals surface area contributed by atoms with Crippen molar-refractivity contribution in [3.05, 3.63) is 81.7 Å². The van der Waals surface area contributed by atoms with Gasteiger partial charge in [0.05, 0.1) is 36.0 Å². The smallest absolute Gasteiger partial charge is 0.252 e. The quantitative estimate of drug-likeness (QED) is 0.106. The van der Waals surface area contributed by atoms with Gasteiger partial charge >= 0.3 is 0 Å². The van der Waals surface area contributed by atoms with Gasteiger partial charge in [0.15, 0.2) is 17.9 Å². The number of ether oxygens (including phenoxy) is 3. The summed E-state index contributed by atoms with van der Waals surface area (Å²) in [5.41, 5.74) is -3.66. The number of pyridine rings is 1. The van der Waals surface area contributed by atoms with E-state index < -0.39 is 119 Å². The van der Waals surface area contributed by atoms with Gasteiger partial charge in [-0.3, -0.25) is 33.8 Å². The van der Waals surface area contributed by atoms with Crippen LogP contribution in [0.25, 0.3) is 0 Å². The zero-order valence-electron chi connectivity index (χ0n) is 34.2. The van der Waals surface area contributed by atoms with Crippen molar-refractivity contribution in [2.24, 2.45) is 5.92 Å². The number of carbonyl (C=O) groups excluding carboxylic acids is 6. The fourth-order valence-corrected chi connectivity index (χ4v) is 8.30. The molecule has 2 aliphatic carbocycles. The Morgan fingerprint density at radius 3 is 2.35 bits per heavy atom. The third-order valence-electron chi connectivity index (χ3n) is 11.8. The van der Waals surface area contributed by atoms with E-state index in [0.29, 0.717) is 12.0 Å². The number of Topliss-reactive ketones (excluding diaryl/α,β-unsaturated/α-hetero) is 1. The Morgan fingerprint density at radius 1 is 1.02 bits per heavy atom. The molecule has 0 spiro atoms. The predicted octanol–water partition coefficient (Wildman–Crippen LogP) is 2.27. The Hall–Kier alpha value is -5.75. The predicted molar refractivity (Wildman–Crippen MR) is 211 cm³/mol. The minimum absolute atomic E-state index is 0.00195. The number of fused-ring (bicyclic) bond motifs is 3. The van der Waals surface area contributed by atoms with Crippen LogP contribution in [-0.4, -0.2) is 122 Å². The second-order valence-corrected chi connectivity index (χ2v) is 15.6. The number of phenols is 2. The maximum absolute atomic E-state index is 14.0. The van der Waals surface area contributed by atoms with Gasteiger partial charge in [-0.2, -0.15) is 0 Å². The van der Waals surface area contributed by atoms with Crippen LogP contribution < -0.4 is 15.4 Å². The van der Waals surface area contributed by atoms with Crippen molar-refractivity contribution in [3.63, 3.8) is 0 Å². The van der Waals surface area contributed by atoms with Gasteiger partial charge in [-0.25, -0.2) is 0 Å². The summed E-state index contributed by atoms with van der Waals surface area (Å²) in [6.45, 7) is 7.71. The van der Waals surface area contributed by atoms with Crippen LogP contribution in [0, 0.1) is 5.92 Å². The SMILES string of the molecule is CCCN(C(=O)[C@@H](C)NC(=O)c1ccncc1)[C@@H](C)C(=O)N[C@H]1C[C@H](O[C@H]2C[C@](O)(C(=O)CO)Cc3c(O)c4c(c(O)c32)C(=O)c2c(OC)cccc2C4=O)O[C@@H](C)[C@@H]1C. The number of phenolic OH excluding ortho intramolecular Hbond substituents is 2. The van der Waals surface area contributed by atoms with Crippen molar-refractivity contribution in [2.45, 2.75) is 103 Å². The number of nitrogens with one attached hydrogen (secondary N) is 2. The Kier molecular flexibility index (Phi) is 12.8. The summed E-state index contributed by atoms with van der Waals surface area (Å²) in [6, 6.07) is 4.81. The molecule has 1 aromatic heterocycles. The third-order valence-corrected chi connectivity index (χ3v) is 11.8. The zero-order chi connectivity index (χ0) is 43.8. The van der Waals surface area contributed by atoms with Crippen molar-refractivity contribution in [1.29, 1.82) is 0 Å².